The van der Waals surface area contributed by atoms with Crippen LogP contribution in [0.15, 0.2) is 18.2 Å². The topological polar surface area (TPSA) is 62.3 Å². The molecule has 1 aromatic carbocycles. The van der Waals surface area contributed by atoms with Crippen molar-refractivity contribution in [2.75, 3.05) is 26.7 Å². The Morgan fingerprint density at radius 3 is 2.95 bits per heavy atom. The van der Waals surface area contributed by atoms with Gasteiger partial charge in [0.1, 0.15) is 5.75 Å². The van der Waals surface area contributed by atoms with Gasteiger partial charge in [-0.25, -0.2) is 0 Å². The van der Waals surface area contributed by atoms with Gasteiger partial charge in [-0.3, -0.25) is 4.90 Å². The number of methoxy groups -OCH3 is 1. The highest BCUT2D eigenvalue weighted by Crippen LogP contribution is 2.26. The van der Waals surface area contributed by atoms with Crippen LogP contribution >= 0.6 is 0 Å². The van der Waals surface area contributed by atoms with Crippen molar-refractivity contribution in [3.63, 3.8) is 0 Å². The number of hydrogen-bond acceptors (Lipinski definition) is 4. The van der Waals surface area contributed by atoms with E-state index in [4.69, 9.17) is 15.7 Å². The molecule has 0 aromatic heterocycles. The minimum Gasteiger partial charge on any atom is -0.496 e. The SMILES string of the molecule is COc1ccc(C#N)cc1CN1CCC(C)C(CN)C1. The Morgan fingerprint density at radius 1 is 1.50 bits per heavy atom. The highest BCUT2D eigenvalue weighted by atomic mass is 16.5. The molecule has 0 radical (unpaired) electrons. The third kappa shape index (κ3) is 3.30. The molecule has 1 heterocycles. The van der Waals surface area contributed by atoms with Gasteiger partial charge in [0.05, 0.1) is 18.7 Å². The second-order valence-electron chi connectivity index (χ2n) is 5.64. The molecule has 4 nitrogen and oxygen atoms in total. The van der Waals surface area contributed by atoms with Crippen molar-refractivity contribution < 1.29 is 4.74 Å². The number of nitrogens with two attached hydrogens (primary N) is 1. The fourth-order valence-corrected chi connectivity index (χ4v) is 2.89. The summed E-state index contributed by atoms with van der Waals surface area (Å²) in [6, 6.07) is 7.78. The molecule has 2 atom stereocenters. The van der Waals surface area contributed by atoms with E-state index in [0.29, 0.717) is 17.4 Å². The zero-order valence-corrected chi connectivity index (χ0v) is 12.3. The predicted octanol–water partition coefficient (Wildman–Crippen LogP) is 1.98. The van der Waals surface area contributed by atoms with Gasteiger partial charge in [0.25, 0.3) is 0 Å². The molecule has 0 bridgehead atoms. The number of nitrogens with zero attached hydrogens (tertiary/aromatic N) is 2. The van der Waals surface area contributed by atoms with E-state index in [9.17, 15) is 0 Å². The first-order valence-corrected chi connectivity index (χ1v) is 7.17. The van der Waals surface area contributed by atoms with Crippen LogP contribution < -0.4 is 10.5 Å². The lowest BCUT2D eigenvalue weighted by atomic mass is 9.87. The number of likely N-dealkylation sites (tertiary alicyclic amines) is 1. The van der Waals surface area contributed by atoms with Crippen molar-refractivity contribution in [3.05, 3.63) is 29.3 Å². The number of hydrogen-bond donors (Lipinski definition) is 1. The van der Waals surface area contributed by atoms with Gasteiger partial charge in [0.15, 0.2) is 0 Å². The monoisotopic (exact) mass is 273 g/mol. The molecule has 108 valence electrons. The van der Waals surface area contributed by atoms with E-state index in [-0.39, 0.29) is 0 Å². The predicted molar refractivity (Wildman–Crippen MR) is 79.3 cm³/mol. The number of rotatable bonds is 4. The average molecular weight is 273 g/mol. The van der Waals surface area contributed by atoms with Crippen LogP contribution in [0.5, 0.6) is 5.75 Å². The van der Waals surface area contributed by atoms with Crippen LogP contribution in [-0.4, -0.2) is 31.6 Å². The Hall–Kier alpha value is -1.57. The van der Waals surface area contributed by atoms with Crippen LogP contribution in [-0.2, 0) is 6.54 Å². The molecular formula is C16H23N3O. The van der Waals surface area contributed by atoms with Crippen molar-refractivity contribution in [2.24, 2.45) is 17.6 Å². The summed E-state index contributed by atoms with van der Waals surface area (Å²) in [6.45, 7) is 5.95. The van der Waals surface area contributed by atoms with E-state index in [2.05, 4.69) is 17.9 Å². The van der Waals surface area contributed by atoms with Gasteiger partial charge in [-0.05, 0) is 49.5 Å². The van der Waals surface area contributed by atoms with Crippen LogP contribution in [0.25, 0.3) is 0 Å². The van der Waals surface area contributed by atoms with Gasteiger partial charge < -0.3 is 10.5 Å². The lowest BCUT2D eigenvalue weighted by Crippen LogP contribution is -2.42. The summed E-state index contributed by atoms with van der Waals surface area (Å²) in [4.78, 5) is 2.41. The van der Waals surface area contributed by atoms with Crippen molar-refractivity contribution in [1.82, 2.24) is 4.90 Å². The zero-order valence-electron chi connectivity index (χ0n) is 12.3. The van der Waals surface area contributed by atoms with Crippen molar-refractivity contribution in [3.8, 4) is 11.8 Å². The highest BCUT2D eigenvalue weighted by Gasteiger charge is 2.25. The van der Waals surface area contributed by atoms with Gasteiger partial charge in [0.2, 0.25) is 0 Å². The summed E-state index contributed by atoms with van der Waals surface area (Å²) in [5.74, 6) is 2.12. The molecular weight excluding hydrogens is 250 g/mol. The summed E-state index contributed by atoms with van der Waals surface area (Å²) in [6.07, 6.45) is 1.18. The Kier molecular flexibility index (Phi) is 4.99. The number of nitriles is 1. The summed E-state index contributed by atoms with van der Waals surface area (Å²) < 4.78 is 5.40. The summed E-state index contributed by atoms with van der Waals surface area (Å²) >= 11 is 0. The standard InChI is InChI=1S/C16H23N3O/c1-12-5-6-19(11-15(12)9-18)10-14-7-13(8-17)3-4-16(14)20-2/h3-4,7,12,15H,5-6,9-11,18H2,1-2H3. The van der Waals surface area contributed by atoms with Crippen LogP contribution in [0.3, 0.4) is 0 Å². The van der Waals surface area contributed by atoms with Crippen molar-refractivity contribution >= 4 is 0 Å². The molecule has 0 saturated carbocycles. The second-order valence-corrected chi connectivity index (χ2v) is 5.64. The zero-order chi connectivity index (χ0) is 14.5. The number of benzene rings is 1. The molecule has 0 aliphatic carbocycles. The van der Waals surface area contributed by atoms with Crippen LogP contribution in [0.1, 0.15) is 24.5 Å². The molecule has 20 heavy (non-hydrogen) atoms. The van der Waals surface area contributed by atoms with E-state index >= 15 is 0 Å². The maximum absolute atomic E-state index is 9.03. The fourth-order valence-electron chi connectivity index (χ4n) is 2.89. The molecule has 1 aromatic rings. The van der Waals surface area contributed by atoms with Crippen molar-refractivity contribution in [1.29, 1.82) is 5.26 Å². The Morgan fingerprint density at radius 2 is 2.30 bits per heavy atom. The van der Waals surface area contributed by atoms with E-state index in [1.165, 1.54) is 6.42 Å². The summed E-state index contributed by atoms with van der Waals surface area (Å²) in [7, 11) is 1.67. The Balaban J connectivity index is 2.11. The Bertz CT molecular complexity index is 495. The first kappa shape index (κ1) is 14.8. The highest BCUT2D eigenvalue weighted by molar-refractivity contribution is 5.42. The normalized spacial score (nSPS) is 23.3. The minimum absolute atomic E-state index is 0.564. The quantitative estimate of drug-likeness (QED) is 0.911. The second kappa shape index (κ2) is 6.74. The fraction of sp³-hybridized carbons (Fsp3) is 0.562. The molecule has 1 saturated heterocycles. The third-order valence-corrected chi connectivity index (χ3v) is 4.30. The number of ether oxygens (including phenoxy) is 1. The molecule has 0 spiro atoms. The van der Waals surface area contributed by atoms with Gasteiger partial charge in [-0.2, -0.15) is 5.26 Å². The molecule has 0 amide bonds. The molecule has 1 fully saturated rings. The average Bonchev–Trinajstić information content (AvgIpc) is 2.49. The summed E-state index contributed by atoms with van der Waals surface area (Å²) in [5, 5.41) is 9.03. The van der Waals surface area contributed by atoms with Crippen LogP contribution in [0.2, 0.25) is 0 Å². The Labute approximate surface area is 121 Å². The maximum atomic E-state index is 9.03. The van der Waals surface area contributed by atoms with Crippen LogP contribution in [0, 0.1) is 23.2 Å². The molecule has 1 aliphatic heterocycles. The van der Waals surface area contributed by atoms with Crippen molar-refractivity contribution in [2.45, 2.75) is 19.9 Å². The number of piperidine rings is 1. The van der Waals surface area contributed by atoms with Gasteiger partial charge in [0, 0.05) is 18.7 Å². The first-order chi connectivity index (χ1) is 9.67. The summed E-state index contributed by atoms with van der Waals surface area (Å²) in [5.41, 5.74) is 7.62. The van der Waals surface area contributed by atoms with Crippen LogP contribution in [0.4, 0.5) is 0 Å². The largest absolute Gasteiger partial charge is 0.496 e. The third-order valence-electron chi connectivity index (χ3n) is 4.30. The lowest BCUT2D eigenvalue weighted by molar-refractivity contribution is 0.125. The molecule has 4 heteroatoms. The molecule has 2 unspecified atom stereocenters. The molecule has 2 rings (SSSR count). The van der Waals surface area contributed by atoms with E-state index in [1.807, 2.05) is 12.1 Å². The van der Waals surface area contributed by atoms with E-state index < -0.39 is 0 Å². The smallest absolute Gasteiger partial charge is 0.123 e. The van der Waals surface area contributed by atoms with Gasteiger partial charge in [-0.1, -0.05) is 6.92 Å². The first-order valence-electron chi connectivity index (χ1n) is 7.17. The van der Waals surface area contributed by atoms with E-state index in [1.54, 1.807) is 13.2 Å². The minimum atomic E-state index is 0.564. The lowest BCUT2D eigenvalue weighted by Gasteiger charge is -2.36. The molecule has 1 aliphatic rings. The maximum Gasteiger partial charge on any atom is 0.123 e. The molecule has 2 N–H and O–H groups in total. The van der Waals surface area contributed by atoms with E-state index in [0.717, 1.165) is 37.5 Å². The van der Waals surface area contributed by atoms with Gasteiger partial charge in [-0.15, -0.1) is 0 Å². The van der Waals surface area contributed by atoms with Gasteiger partial charge >= 0.3 is 0 Å².